The fourth-order valence-electron chi connectivity index (χ4n) is 3.69. The summed E-state index contributed by atoms with van der Waals surface area (Å²) in [7, 11) is 0. The zero-order valence-electron chi connectivity index (χ0n) is 17.9. The Bertz CT molecular complexity index is 926. The second kappa shape index (κ2) is 10.1. The van der Waals surface area contributed by atoms with Crippen molar-refractivity contribution in [3.05, 3.63) is 40.9 Å². The zero-order valence-corrected chi connectivity index (χ0v) is 18.6. The van der Waals surface area contributed by atoms with Crippen molar-refractivity contribution in [3.63, 3.8) is 0 Å². The van der Waals surface area contributed by atoms with Crippen molar-refractivity contribution in [3.8, 4) is 0 Å². The molecule has 7 nitrogen and oxygen atoms in total. The van der Waals surface area contributed by atoms with Gasteiger partial charge >= 0.3 is 6.55 Å². The molecule has 0 aromatic carbocycles. The molecule has 32 heavy (non-hydrogen) atoms. The molecule has 1 aliphatic carbocycles. The van der Waals surface area contributed by atoms with E-state index in [-0.39, 0.29) is 29.2 Å². The normalized spacial score (nSPS) is 20.2. The molecule has 1 amide bonds. The lowest BCUT2D eigenvalue weighted by atomic mass is 9.84. The molecule has 0 radical (unpaired) electrons. The number of anilines is 1. The van der Waals surface area contributed by atoms with Gasteiger partial charge in [0.05, 0.1) is 29.1 Å². The van der Waals surface area contributed by atoms with E-state index in [1.807, 2.05) is 0 Å². The summed E-state index contributed by atoms with van der Waals surface area (Å²) in [5, 5.41) is 19.6. The lowest BCUT2D eigenvalue weighted by Gasteiger charge is -2.29. The van der Waals surface area contributed by atoms with Gasteiger partial charge in [0.2, 0.25) is 0 Å². The number of aromatic nitrogens is 3. The van der Waals surface area contributed by atoms with Crippen LogP contribution in [0.15, 0.2) is 24.5 Å². The molecule has 2 aromatic rings. The first-order valence-electron chi connectivity index (χ1n) is 10.4. The van der Waals surface area contributed by atoms with Crippen LogP contribution in [0.3, 0.4) is 0 Å². The molecular weight excluding hydrogens is 447 g/mol. The third kappa shape index (κ3) is 6.13. The van der Waals surface area contributed by atoms with Crippen LogP contribution >= 0.6 is 11.6 Å². The molecule has 1 fully saturated rings. The molecule has 0 saturated heterocycles. The first-order valence-corrected chi connectivity index (χ1v) is 10.8. The summed E-state index contributed by atoms with van der Waals surface area (Å²) < 4.78 is 40.1. The standard InChI is InChI=1S/C21H27ClF3N5O2/c1-21(2,32)17(23)11-27-19(31)14-10-26-18(22)9-16(14)28-13-5-3-12(4-6-13)15-7-8-30(29-15)20(24)25/h7-10,12-13,17,20,32H,3-6,11H2,1-2H3,(H,26,28)(H,27,31)/t12?,13?,17-/m1/s1. The highest BCUT2D eigenvalue weighted by Gasteiger charge is 2.28. The largest absolute Gasteiger partial charge is 0.387 e. The van der Waals surface area contributed by atoms with E-state index >= 15 is 0 Å². The van der Waals surface area contributed by atoms with Crippen LogP contribution in [-0.4, -0.2) is 50.1 Å². The number of hydrogen-bond donors (Lipinski definition) is 3. The zero-order chi connectivity index (χ0) is 23.5. The van der Waals surface area contributed by atoms with Crippen molar-refractivity contribution in [1.82, 2.24) is 20.1 Å². The number of nitrogens with one attached hydrogen (secondary N) is 2. The van der Waals surface area contributed by atoms with Crippen LogP contribution in [0, 0.1) is 0 Å². The minimum atomic E-state index is -2.65. The molecule has 3 rings (SSSR count). The number of aliphatic hydroxyl groups is 1. The number of alkyl halides is 3. The number of rotatable bonds is 8. The van der Waals surface area contributed by atoms with Crippen molar-refractivity contribution in [2.75, 3.05) is 11.9 Å². The average molecular weight is 474 g/mol. The van der Waals surface area contributed by atoms with Crippen molar-refractivity contribution >= 4 is 23.2 Å². The number of carbonyl (C=O) groups excluding carboxylic acids is 1. The van der Waals surface area contributed by atoms with Gasteiger partial charge in [0.25, 0.3) is 5.91 Å². The third-order valence-electron chi connectivity index (χ3n) is 5.66. The van der Waals surface area contributed by atoms with Gasteiger partial charge in [0, 0.05) is 24.4 Å². The van der Waals surface area contributed by atoms with Gasteiger partial charge in [0.1, 0.15) is 11.3 Å². The van der Waals surface area contributed by atoms with Crippen molar-refractivity contribution < 1.29 is 23.1 Å². The second-order valence-electron chi connectivity index (χ2n) is 8.57. The molecule has 2 heterocycles. The van der Waals surface area contributed by atoms with Crippen molar-refractivity contribution in [2.24, 2.45) is 0 Å². The Morgan fingerprint density at radius 3 is 2.59 bits per heavy atom. The minimum Gasteiger partial charge on any atom is -0.387 e. The van der Waals surface area contributed by atoms with E-state index in [9.17, 15) is 23.1 Å². The summed E-state index contributed by atoms with van der Waals surface area (Å²) >= 11 is 6.01. The first-order chi connectivity index (χ1) is 15.0. The third-order valence-corrected chi connectivity index (χ3v) is 5.86. The van der Waals surface area contributed by atoms with E-state index < -0.39 is 24.2 Å². The lowest BCUT2D eigenvalue weighted by molar-refractivity contribution is -0.00177. The molecule has 1 aliphatic rings. The summed E-state index contributed by atoms with van der Waals surface area (Å²) in [5.74, 6) is -0.435. The second-order valence-corrected chi connectivity index (χ2v) is 8.96. The summed E-state index contributed by atoms with van der Waals surface area (Å²) in [6, 6.07) is 3.20. The smallest absolute Gasteiger partial charge is 0.333 e. The number of amides is 1. The van der Waals surface area contributed by atoms with E-state index in [0.29, 0.717) is 16.1 Å². The highest BCUT2D eigenvalue weighted by atomic mass is 35.5. The maximum absolute atomic E-state index is 14.0. The molecule has 0 bridgehead atoms. The van der Waals surface area contributed by atoms with E-state index in [4.69, 9.17) is 11.6 Å². The summed E-state index contributed by atoms with van der Waals surface area (Å²) in [6.07, 6.45) is 3.98. The van der Waals surface area contributed by atoms with Crippen molar-refractivity contribution in [2.45, 2.75) is 69.8 Å². The molecule has 11 heteroatoms. The first kappa shape index (κ1) is 24.3. The van der Waals surface area contributed by atoms with Crippen molar-refractivity contribution in [1.29, 1.82) is 0 Å². The number of carbonyl (C=O) groups is 1. The molecule has 0 unspecified atom stereocenters. The van der Waals surface area contributed by atoms with E-state index in [1.165, 1.54) is 32.3 Å². The van der Waals surface area contributed by atoms with Crippen LogP contribution in [0.25, 0.3) is 0 Å². The molecule has 176 valence electrons. The number of hydrogen-bond acceptors (Lipinski definition) is 5. The predicted octanol–water partition coefficient (Wildman–Crippen LogP) is 4.30. The van der Waals surface area contributed by atoms with Crippen LogP contribution in [0.5, 0.6) is 0 Å². The van der Waals surface area contributed by atoms with Crippen LogP contribution in [0.4, 0.5) is 18.9 Å². The number of halogens is 4. The van der Waals surface area contributed by atoms with Crippen LogP contribution in [-0.2, 0) is 0 Å². The van der Waals surface area contributed by atoms with E-state index in [2.05, 4.69) is 20.7 Å². The fraction of sp³-hybridized carbons (Fsp3) is 0.571. The molecule has 2 aromatic heterocycles. The molecule has 0 aliphatic heterocycles. The van der Waals surface area contributed by atoms with E-state index in [0.717, 1.165) is 25.7 Å². The fourth-order valence-corrected chi connectivity index (χ4v) is 3.85. The Hall–Kier alpha value is -2.33. The van der Waals surface area contributed by atoms with Crippen LogP contribution in [0.2, 0.25) is 5.15 Å². The molecule has 0 spiro atoms. The minimum absolute atomic E-state index is 0.0405. The highest BCUT2D eigenvalue weighted by molar-refractivity contribution is 6.29. The van der Waals surface area contributed by atoms with Crippen LogP contribution in [0.1, 0.15) is 68.0 Å². The van der Waals surface area contributed by atoms with Gasteiger partial charge in [-0.3, -0.25) is 4.79 Å². The molecule has 1 atom stereocenters. The Morgan fingerprint density at radius 2 is 2.00 bits per heavy atom. The van der Waals surface area contributed by atoms with Gasteiger partial charge in [-0.2, -0.15) is 13.9 Å². The van der Waals surface area contributed by atoms with Gasteiger partial charge in [0.15, 0.2) is 0 Å². The van der Waals surface area contributed by atoms with Gasteiger partial charge < -0.3 is 15.7 Å². The Labute approximate surface area is 189 Å². The van der Waals surface area contributed by atoms with Gasteiger partial charge in [-0.1, -0.05) is 11.6 Å². The lowest BCUT2D eigenvalue weighted by Crippen LogP contribution is -2.42. The average Bonchev–Trinajstić information content (AvgIpc) is 3.22. The summed E-state index contributed by atoms with van der Waals surface area (Å²) in [4.78, 5) is 16.5. The summed E-state index contributed by atoms with van der Waals surface area (Å²) in [6.45, 7) is -0.344. The topological polar surface area (TPSA) is 92.1 Å². The molecule has 1 saturated carbocycles. The van der Waals surface area contributed by atoms with Gasteiger partial charge in [-0.05, 0) is 51.7 Å². The van der Waals surface area contributed by atoms with Crippen LogP contribution < -0.4 is 10.6 Å². The predicted molar refractivity (Wildman–Crippen MR) is 115 cm³/mol. The Morgan fingerprint density at radius 1 is 1.31 bits per heavy atom. The Kier molecular flexibility index (Phi) is 7.66. The molecular formula is C21H27ClF3N5O2. The van der Waals surface area contributed by atoms with E-state index in [1.54, 1.807) is 6.07 Å². The number of pyridine rings is 1. The molecule has 3 N–H and O–H groups in total. The highest BCUT2D eigenvalue weighted by Crippen LogP contribution is 2.34. The Balaban J connectivity index is 1.61. The SMILES string of the molecule is CC(C)(O)[C@H](F)CNC(=O)c1cnc(Cl)cc1NC1CCC(c2ccn(C(F)F)n2)CC1. The maximum atomic E-state index is 14.0. The van der Waals surface area contributed by atoms with Gasteiger partial charge in [-0.15, -0.1) is 0 Å². The number of nitrogens with zero attached hydrogens (tertiary/aromatic N) is 3. The summed E-state index contributed by atoms with van der Waals surface area (Å²) in [5.41, 5.74) is -0.221. The van der Waals surface area contributed by atoms with Gasteiger partial charge in [-0.25, -0.2) is 14.1 Å². The monoisotopic (exact) mass is 473 g/mol. The maximum Gasteiger partial charge on any atom is 0.333 e. The quantitative estimate of drug-likeness (QED) is 0.497.